The average molecular weight is 312 g/mol. The maximum atomic E-state index is 10.1. The summed E-state index contributed by atoms with van der Waals surface area (Å²) >= 11 is 0. The lowest BCUT2D eigenvalue weighted by Gasteiger charge is -2.35. The van der Waals surface area contributed by atoms with Crippen molar-refractivity contribution in [2.45, 2.75) is 58.8 Å². The SMILES string of the molecule is C=C(C)c1cccc2ccc(C(C)(C)OC(C)C(C)(C)O)cc12. The summed E-state index contributed by atoms with van der Waals surface area (Å²) in [6.45, 7) is 15.6. The maximum Gasteiger partial charge on any atom is 0.0880 e. The molecule has 1 N–H and O–H groups in total. The van der Waals surface area contributed by atoms with Crippen LogP contribution in [0, 0.1) is 0 Å². The summed E-state index contributed by atoms with van der Waals surface area (Å²) in [5, 5.41) is 12.5. The normalized spacial score (nSPS) is 14.0. The Balaban J connectivity index is 2.47. The van der Waals surface area contributed by atoms with E-state index in [1.165, 1.54) is 10.8 Å². The van der Waals surface area contributed by atoms with Crippen LogP contribution in [-0.2, 0) is 10.3 Å². The van der Waals surface area contributed by atoms with Crippen LogP contribution >= 0.6 is 0 Å². The molecule has 1 atom stereocenters. The number of fused-ring (bicyclic) bond motifs is 1. The molecule has 1 unspecified atom stereocenters. The monoisotopic (exact) mass is 312 g/mol. The van der Waals surface area contributed by atoms with Gasteiger partial charge in [0.15, 0.2) is 0 Å². The van der Waals surface area contributed by atoms with Crippen molar-refractivity contribution in [3.05, 3.63) is 54.1 Å². The second-order valence-electron chi connectivity index (χ2n) is 7.45. The molecule has 2 aromatic carbocycles. The van der Waals surface area contributed by atoms with E-state index >= 15 is 0 Å². The van der Waals surface area contributed by atoms with Gasteiger partial charge in [0, 0.05) is 0 Å². The highest BCUT2D eigenvalue weighted by atomic mass is 16.5. The lowest BCUT2D eigenvalue weighted by Crippen LogP contribution is -2.40. The molecule has 0 aromatic heterocycles. The standard InChI is InChI=1S/C21H28O2/c1-14(2)18-10-8-9-16-11-12-17(13-19(16)18)21(6,7)23-15(3)20(4,5)22/h8-13,15,22H,1H2,2-7H3. The fraction of sp³-hybridized carbons (Fsp3) is 0.429. The van der Waals surface area contributed by atoms with Gasteiger partial charge in [0.1, 0.15) is 0 Å². The number of ether oxygens (including phenoxy) is 1. The summed E-state index contributed by atoms with van der Waals surface area (Å²) in [6.07, 6.45) is -0.274. The number of allylic oxidation sites excluding steroid dienone is 1. The lowest BCUT2D eigenvalue weighted by atomic mass is 9.91. The Kier molecular flexibility index (Phi) is 4.70. The molecule has 0 spiro atoms. The minimum atomic E-state index is -0.878. The molecule has 23 heavy (non-hydrogen) atoms. The van der Waals surface area contributed by atoms with Gasteiger partial charge in [0.25, 0.3) is 0 Å². The number of benzene rings is 2. The summed E-state index contributed by atoms with van der Waals surface area (Å²) in [6, 6.07) is 12.7. The number of hydrogen-bond donors (Lipinski definition) is 1. The topological polar surface area (TPSA) is 29.5 Å². The molecule has 0 aliphatic carbocycles. The maximum absolute atomic E-state index is 10.1. The van der Waals surface area contributed by atoms with E-state index in [2.05, 4.69) is 43.0 Å². The predicted octanol–water partition coefficient (Wildman–Crippen LogP) is 5.28. The fourth-order valence-corrected chi connectivity index (χ4v) is 2.67. The molecule has 0 amide bonds. The molecule has 0 aliphatic heterocycles. The molecule has 2 nitrogen and oxygen atoms in total. The van der Waals surface area contributed by atoms with E-state index in [-0.39, 0.29) is 6.10 Å². The number of hydrogen-bond acceptors (Lipinski definition) is 2. The molecule has 0 heterocycles. The van der Waals surface area contributed by atoms with Crippen molar-refractivity contribution in [2.75, 3.05) is 0 Å². The highest BCUT2D eigenvalue weighted by molar-refractivity contribution is 5.93. The minimum Gasteiger partial charge on any atom is -0.388 e. The highest BCUT2D eigenvalue weighted by Crippen LogP contribution is 2.33. The summed E-state index contributed by atoms with van der Waals surface area (Å²) in [5.41, 5.74) is 1.94. The smallest absolute Gasteiger partial charge is 0.0880 e. The van der Waals surface area contributed by atoms with Crippen molar-refractivity contribution in [1.82, 2.24) is 0 Å². The lowest BCUT2D eigenvalue weighted by molar-refractivity contribution is -0.146. The van der Waals surface area contributed by atoms with Crippen LogP contribution in [0.2, 0.25) is 0 Å². The molecular formula is C21H28O2. The first kappa shape index (κ1) is 17.7. The quantitative estimate of drug-likeness (QED) is 0.813. The van der Waals surface area contributed by atoms with E-state index in [0.717, 1.165) is 16.7 Å². The van der Waals surface area contributed by atoms with Gasteiger partial charge in [-0.05, 0) is 69.5 Å². The first-order valence-electron chi connectivity index (χ1n) is 8.12. The molecule has 0 radical (unpaired) electrons. The van der Waals surface area contributed by atoms with Crippen molar-refractivity contribution in [3.63, 3.8) is 0 Å². The second kappa shape index (κ2) is 6.10. The van der Waals surface area contributed by atoms with Crippen molar-refractivity contribution in [2.24, 2.45) is 0 Å². The van der Waals surface area contributed by atoms with Crippen molar-refractivity contribution >= 4 is 16.3 Å². The Labute approximate surface area is 139 Å². The van der Waals surface area contributed by atoms with Gasteiger partial charge in [-0.25, -0.2) is 0 Å². The average Bonchev–Trinajstić information content (AvgIpc) is 2.44. The summed E-state index contributed by atoms with van der Waals surface area (Å²) in [5.74, 6) is 0. The van der Waals surface area contributed by atoms with E-state index in [0.29, 0.717) is 0 Å². The third kappa shape index (κ3) is 3.82. The van der Waals surface area contributed by atoms with Gasteiger partial charge in [0.2, 0.25) is 0 Å². The highest BCUT2D eigenvalue weighted by Gasteiger charge is 2.31. The van der Waals surface area contributed by atoms with E-state index in [1.807, 2.05) is 27.7 Å². The van der Waals surface area contributed by atoms with Crippen LogP contribution in [0.25, 0.3) is 16.3 Å². The fourth-order valence-electron chi connectivity index (χ4n) is 2.67. The Morgan fingerprint density at radius 1 is 1.13 bits per heavy atom. The van der Waals surface area contributed by atoms with Gasteiger partial charge in [-0.15, -0.1) is 0 Å². The molecule has 2 rings (SSSR count). The van der Waals surface area contributed by atoms with Crippen LogP contribution in [0.3, 0.4) is 0 Å². The van der Waals surface area contributed by atoms with Gasteiger partial charge >= 0.3 is 0 Å². The molecule has 0 saturated heterocycles. The Bertz CT molecular complexity index is 720. The van der Waals surface area contributed by atoms with Gasteiger partial charge in [-0.3, -0.25) is 0 Å². The predicted molar refractivity (Wildman–Crippen MR) is 98.5 cm³/mol. The first-order valence-corrected chi connectivity index (χ1v) is 8.12. The Hall–Kier alpha value is -1.64. The first-order chi connectivity index (χ1) is 10.5. The van der Waals surface area contributed by atoms with E-state index in [9.17, 15) is 5.11 Å². The third-order valence-corrected chi connectivity index (χ3v) is 4.50. The summed E-state index contributed by atoms with van der Waals surface area (Å²) in [7, 11) is 0. The Morgan fingerprint density at radius 2 is 1.78 bits per heavy atom. The van der Waals surface area contributed by atoms with Crippen LogP contribution in [0.15, 0.2) is 43.0 Å². The van der Waals surface area contributed by atoms with E-state index in [1.54, 1.807) is 13.8 Å². The van der Waals surface area contributed by atoms with E-state index < -0.39 is 11.2 Å². The molecule has 0 fully saturated rings. The molecule has 0 aliphatic rings. The van der Waals surface area contributed by atoms with Crippen LogP contribution in [0.4, 0.5) is 0 Å². The van der Waals surface area contributed by atoms with Crippen LogP contribution in [-0.4, -0.2) is 16.8 Å². The van der Waals surface area contributed by atoms with Crippen LogP contribution in [0.5, 0.6) is 0 Å². The van der Waals surface area contributed by atoms with Gasteiger partial charge < -0.3 is 9.84 Å². The second-order valence-corrected chi connectivity index (χ2v) is 7.45. The van der Waals surface area contributed by atoms with Crippen LogP contribution < -0.4 is 0 Å². The summed E-state index contributed by atoms with van der Waals surface area (Å²) in [4.78, 5) is 0. The Morgan fingerprint density at radius 3 is 2.35 bits per heavy atom. The molecule has 2 heteroatoms. The van der Waals surface area contributed by atoms with Gasteiger partial charge in [0.05, 0.1) is 17.3 Å². The van der Waals surface area contributed by atoms with E-state index in [4.69, 9.17) is 4.74 Å². The molecule has 2 aromatic rings. The molecule has 124 valence electrons. The zero-order chi connectivity index (χ0) is 17.4. The van der Waals surface area contributed by atoms with Gasteiger partial charge in [-0.2, -0.15) is 0 Å². The summed E-state index contributed by atoms with van der Waals surface area (Å²) < 4.78 is 6.17. The third-order valence-electron chi connectivity index (χ3n) is 4.50. The number of aliphatic hydroxyl groups is 1. The van der Waals surface area contributed by atoms with Crippen molar-refractivity contribution in [3.8, 4) is 0 Å². The van der Waals surface area contributed by atoms with Crippen molar-refractivity contribution < 1.29 is 9.84 Å². The van der Waals surface area contributed by atoms with Crippen LogP contribution in [0.1, 0.15) is 52.7 Å². The largest absolute Gasteiger partial charge is 0.388 e. The molecule has 0 saturated carbocycles. The molecule has 0 bridgehead atoms. The minimum absolute atomic E-state index is 0.274. The zero-order valence-corrected chi connectivity index (χ0v) is 15.1. The number of rotatable bonds is 5. The molecular weight excluding hydrogens is 284 g/mol. The zero-order valence-electron chi connectivity index (χ0n) is 15.1. The van der Waals surface area contributed by atoms with Gasteiger partial charge in [-0.1, -0.05) is 42.5 Å². The van der Waals surface area contributed by atoms with Crippen molar-refractivity contribution in [1.29, 1.82) is 0 Å².